The highest BCUT2D eigenvalue weighted by Gasteiger charge is 2.30. The maximum atomic E-state index is 12.7. The Morgan fingerprint density at radius 2 is 1.74 bits per heavy atom. The summed E-state index contributed by atoms with van der Waals surface area (Å²) < 4.78 is 5.39. The van der Waals surface area contributed by atoms with Crippen LogP contribution in [0.4, 0.5) is 4.79 Å². The molecule has 1 saturated carbocycles. The lowest BCUT2D eigenvalue weighted by Gasteiger charge is -2.24. The average Bonchev–Trinajstić information content (AvgIpc) is 3.15. The molecule has 27 heavy (non-hydrogen) atoms. The molecule has 2 N–H and O–H groups in total. The molecule has 0 radical (unpaired) electrons. The number of nitrogens with one attached hydrogen (secondary N) is 2. The molecule has 3 amide bonds. The average molecular weight is 374 g/mol. The van der Waals surface area contributed by atoms with Crippen LogP contribution in [-0.4, -0.2) is 30.1 Å². The van der Waals surface area contributed by atoms with Crippen molar-refractivity contribution in [3.63, 3.8) is 0 Å². The molecule has 1 aliphatic carbocycles. The topological polar surface area (TPSA) is 84.5 Å². The van der Waals surface area contributed by atoms with E-state index < -0.39 is 29.9 Å². The summed E-state index contributed by atoms with van der Waals surface area (Å²) >= 11 is 0. The standard InChI is InChI=1S/C21H30N2O4/c1-4-14(2)18(16-10-6-5-7-11-16)20(25)27-15(3)19(24)23-21(26)22-17-12-8-9-13-17/h5-7,10-11,14-15,17-18H,4,8-9,12-13H2,1-3H3,(H2,22,23,24,26)/t14-,15-,18-/m0/s1. The number of carbonyl (C=O) groups excluding carboxylic acids is 3. The van der Waals surface area contributed by atoms with Crippen molar-refractivity contribution in [2.75, 3.05) is 0 Å². The highest BCUT2D eigenvalue weighted by atomic mass is 16.5. The van der Waals surface area contributed by atoms with Gasteiger partial charge in [0.05, 0.1) is 5.92 Å². The van der Waals surface area contributed by atoms with Gasteiger partial charge in [-0.1, -0.05) is 63.4 Å². The van der Waals surface area contributed by atoms with Gasteiger partial charge in [-0.2, -0.15) is 0 Å². The molecule has 0 heterocycles. The van der Waals surface area contributed by atoms with Crippen LogP contribution in [0, 0.1) is 5.92 Å². The zero-order chi connectivity index (χ0) is 19.8. The minimum atomic E-state index is -1.04. The molecule has 0 spiro atoms. The lowest BCUT2D eigenvalue weighted by molar-refractivity contribution is -0.157. The number of rotatable bonds is 7. The Kier molecular flexibility index (Phi) is 7.82. The van der Waals surface area contributed by atoms with Crippen LogP contribution in [0.5, 0.6) is 0 Å². The third-order valence-electron chi connectivity index (χ3n) is 5.21. The Hall–Kier alpha value is -2.37. The van der Waals surface area contributed by atoms with E-state index >= 15 is 0 Å². The van der Waals surface area contributed by atoms with Crippen LogP contribution in [-0.2, 0) is 14.3 Å². The van der Waals surface area contributed by atoms with Gasteiger partial charge in [0.25, 0.3) is 5.91 Å². The number of ether oxygens (including phenoxy) is 1. The largest absolute Gasteiger partial charge is 0.452 e. The molecule has 1 fully saturated rings. The number of imide groups is 1. The van der Waals surface area contributed by atoms with E-state index in [0.717, 1.165) is 37.7 Å². The van der Waals surface area contributed by atoms with Crippen molar-refractivity contribution >= 4 is 17.9 Å². The van der Waals surface area contributed by atoms with Gasteiger partial charge in [-0.05, 0) is 31.2 Å². The minimum absolute atomic E-state index is 0.0702. The van der Waals surface area contributed by atoms with E-state index in [9.17, 15) is 14.4 Å². The molecule has 148 valence electrons. The van der Waals surface area contributed by atoms with E-state index in [2.05, 4.69) is 10.6 Å². The Morgan fingerprint density at radius 3 is 2.33 bits per heavy atom. The Morgan fingerprint density at radius 1 is 1.11 bits per heavy atom. The number of hydrogen-bond donors (Lipinski definition) is 2. The predicted molar refractivity (Wildman–Crippen MR) is 103 cm³/mol. The number of benzene rings is 1. The van der Waals surface area contributed by atoms with Gasteiger partial charge in [0, 0.05) is 6.04 Å². The van der Waals surface area contributed by atoms with Crippen LogP contribution >= 0.6 is 0 Å². The third kappa shape index (κ3) is 6.08. The molecular formula is C21H30N2O4. The number of carbonyl (C=O) groups is 3. The van der Waals surface area contributed by atoms with Crippen LogP contribution < -0.4 is 10.6 Å². The maximum Gasteiger partial charge on any atom is 0.321 e. The molecule has 1 aromatic rings. The van der Waals surface area contributed by atoms with Crippen molar-refractivity contribution in [3.05, 3.63) is 35.9 Å². The van der Waals surface area contributed by atoms with Crippen LogP contribution in [0.25, 0.3) is 0 Å². The van der Waals surface area contributed by atoms with Gasteiger partial charge >= 0.3 is 12.0 Å². The Balaban J connectivity index is 1.93. The summed E-state index contributed by atoms with van der Waals surface area (Å²) in [6.45, 7) is 5.48. The van der Waals surface area contributed by atoms with E-state index in [0.29, 0.717) is 0 Å². The molecule has 3 atom stereocenters. The zero-order valence-corrected chi connectivity index (χ0v) is 16.4. The van der Waals surface area contributed by atoms with Crippen molar-refractivity contribution in [2.45, 2.75) is 70.9 Å². The van der Waals surface area contributed by atoms with E-state index in [1.165, 1.54) is 6.92 Å². The second-order valence-electron chi connectivity index (χ2n) is 7.30. The fourth-order valence-electron chi connectivity index (χ4n) is 3.40. The molecule has 0 aromatic heterocycles. The number of esters is 1. The molecule has 0 saturated heterocycles. The van der Waals surface area contributed by atoms with Gasteiger partial charge < -0.3 is 10.1 Å². The highest BCUT2D eigenvalue weighted by Crippen LogP contribution is 2.28. The van der Waals surface area contributed by atoms with Gasteiger partial charge in [0.1, 0.15) is 0 Å². The van der Waals surface area contributed by atoms with E-state index in [-0.39, 0.29) is 12.0 Å². The smallest absolute Gasteiger partial charge is 0.321 e. The summed E-state index contributed by atoms with van der Waals surface area (Å²) in [7, 11) is 0. The molecule has 2 rings (SSSR count). The lowest BCUT2D eigenvalue weighted by atomic mass is 9.85. The fraction of sp³-hybridized carbons (Fsp3) is 0.571. The quantitative estimate of drug-likeness (QED) is 0.715. The number of hydrogen-bond acceptors (Lipinski definition) is 4. The number of amides is 3. The van der Waals surface area contributed by atoms with Crippen molar-refractivity contribution in [3.8, 4) is 0 Å². The molecule has 0 aliphatic heterocycles. The second-order valence-corrected chi connectivity index (χ2v) is 7.30. The van der Waals surface area contributed by atoms with Crippen LogP contribution in [0.15, 0.2) is 30.3 Å². The number of urea groups is 1. The van der Waals surface area contributed by atoms with E-state index in [1.807, 2.05) is 44.2 Å². The third-order valence-corrected chi connectivity index (χ3v) is 5.21. The first kappa shape index (κ1) is 20.9. The summed E-state index contributed by atoms with van der Waals surface area (Å²) in [4.78, 5) is 36.9. The molecule has 0 unspecified atom stereocenters. The minimum Gasteiger partial charge on any atom is -0.452 e. The van der Waals surface area contributed by atoms with Crippen molar-refractivity contribution < 1.29 is 19.1 Å². The fourth-order valence-corrected chi connectivity index (χ4v) is 3.40. The van der Waals surface area contributed by atoms with E-state index in [1.54, 1.807) is 0 Å². The maximum absolute atomic E-state index is 12.7. The van der Waals surface area contributed by atoms with Crippen LogP contribution in [0.1, 0.15) is 64.4 Å². The predicted octanol–water partition coefficient (Wildman–Crippen LogP) is 3.52. The normalized spacial score (nSPS) is 17.6. The SMILES string of the molecule is CC[C@H](C)[C@H](C(=O)O[C@@H](C)C(=O)NC(=O)NC1CCCC1)c1ccccc1. The van der Waals surface area contributed by atoms with Gasteiger partial charge in [0.15, 0.2) is 6.10 Å². The van der Waals surface area contributed by atoms with Gasteiger partial charge in [-0.3, -0.25) is 14.9 Å². The molecule has 6 heteroatoms. The highest BCUT2D eigenvalue weighted by molar-refractivity contribution is 5.97. The first-order valence-corrected chi connectivity index (χ1v) is 9.79. The summed E-state index contributed by atoms with van der Waals surface area (Å²) in [6, 6.07) is 9.00. The first-order valence-electron chi connectivity index (χ1n) is 9.79. The Bertz CT molecular complexity index is 641. The molecule has 1 aromatic carbocycles. The zero-order valence-electron chi connectivity index (χ0n) is 16.4. The summed E-state index contributed by atoms with van der Waals surface area (Å²) in [5.41, 5.74) is 0.864. The second kappa shape index (κ2) is 10.1. The molecule has 1 aliphatic rings. The molecule has 6 nitrogen and oxygen atoms in total. The summed E-state index contributed by atoms with van der Waals surface area (Å²) in [6.07, 6.45) is 3.80. The van der Waals surface area contributed by atoms with Crippen LogP contribution in [0.2, 0.25) is 0 Å². The lowest BCUT2D eigenvalue weighted by Crippen LogP contribution is -2.47. The van der Waals surface area contributed by atoms with Crippen LogP contribution in [0.3, 0.4) is 0 Å². The van der Waals surface area contributed by atoms with Gasteiger partial charge in [0.2, 0.25) is 0 Å². The monoisotopic (exact) mass is 374 g/mol. The van der Waals surface area contributed by atoms with Crippen molar-refractivity contribution in [2.24, 2.45) is 5.92 Å². The van der Waals surface area contributed by atoms with Gasteiger partial charge in [-0.25, -0.2) is 4.79 Å². The van der Waals surface area contributed by atoms with E-state index in [4.69, 9.17) is 4.74 Å². The molecular weight excluding hydrogens is 344 g/mol. The van der Waals surface area contributed by atoms with Crippen molar-refractivity contribution in [1.29, 1.82) is 0 Å². The summed E-state index contributed by atoms with van der Waals surface area (Å²) in [5, 5.41) is 5.05. The Labute approximate surface area is 161 Å². The molecule has 0 bridgehead atoms. The first-order chi connectivity index (χ1) is 12.9. The van der Waals surface area contributed by atoms with Crippen molar-refractivity contribution in [1.82, 2.24) is 10.6 Å². The summed E-state index contributed by atoms with van der Waals surface area (Å²) in [5.74, 6) is -1.44. The van der Waals surface area contributed by atoms with Gasteiger partial charge in [-0.15, -0.1) is 0 Å².